The Balaban J connectivity index is 2.74. The van der Waals surface area contributed by atoms with Gasteiger partial charge in [0.2, 0.25) is 5.91 Å². The quantitative estimate of drug-likeness (QED) is 0.886. The largest absolute Gasteiger partial charge is 0.369 e. The Bertz CT molecular complexity index is 459. The molecule has 0 fully saturated rings. The highest BCUT2D eigenvalue weighted by Crippen LogP contribution is 2.15. The monoisotopic (exact) mass is 249 g/mol. The topological polar surface area (TPSA) is 56.1 Å². The van der Waals surface area contributed by atoms with Gasteiger partial charge in [-0.3, -0.25) is 4.79 Å². The fourth-order valence-electron chi connectivity index (χ4n) is 1.51. The molecule has 96 valence electrons. The van der Waals surface area contributed by atoms with Crippen LogP contribution in [-0.4, -0.2) is 30.9 Å². The van der Waals surface area contributed by atoms with E-state index in [9.17, 15) is 9.18 Å². The molecule has 0 aromatic heterocycles. The van der Waals surface area contributed by atoms with Gasteiger partial charge in [0.25, 0.3) is 0 Å². The number of rotatable bonds is 4. The molecule has 5 heteroatoms. The highest BCUT2D eigenvalue weighted by Gasteiger charge is 2.14. The van der Waals surface area contributed by atoms with Crippen molar-refractivity contribution in [3.8, 4) is 6.07 Å². The number of aryl methyl sites for hydroxylation is 1. The average molecular weight is 249 g/mol. The lowest BCUT2D eigenvalue weighted by molar-refractivity contribution is -0.128. The minimum absolute atomic E-state index is 0.0546. The van der Waals surface area contributed by atoms with E-state index in [0.29, 0.717) is 5.69 Å². The van der Waals surface area contributed by atoms with Gasteiger partial charge in [-0.2, -0.15) is 5.26 Å². The van der Waals surface area contributed by atoms with Crippen LogP contribution in [0.15, 0.2) is 18.2 Å². The van der Waals surface area contributed by atoms with Gasteiger partial charge in [0.05, 0.1) is 12.5 Å². The van der Waals surface area contributed by atoms with Crippen molar-refractivity contribution in [1.82, 2.24) is 4.90 Å². The predicted octanol–water partition coefficient (Wildman–Crippen LogP) is 1.92. The van der Waals surface area contributed by atoms with Gasteiger partial charge in [0, 0.05) is 19.8 Å². The summed E-state index contributed by atoms with van der Waals surface area (Å²) in [7, 11) is 3.26. The SMILES string of the molecule is Cc1cc(F)cc(NC(C#N)CC(=O)N(C)C)c1. The van der Waals surface area contributed by atoms with Gasteiger partial charge >= 0.3 is 0 Å². The zero-order valence-electron chi connectivity index (χ0n) is 10.7. The summed E-state index contributed by atoms with van der Waals surface area (Å²) >= 11 is 0. The number of hydrogen-bond donors (Lipinski definition) is 1. The van der Waals surface area contributed by atoms with E-state index in [4.69, 9.17) is 5.26 Å². The Morgan fingerprint density at radius 3 is 2.67 bits per heavy atom. The van der Waals surface area contributed by atoms with E-state index < -0.39 is 6.04 Å². The van der Waals surface area contributed by atoms with Gasteiger partial charge in [0.15, 0.2) is 0 Å². The van der Waals surface area contributed by atoms with Crippen LogP contribution < -0.4 is 5.32 Å². The minimum atomic E-state index is -0.666. The Morgan fingerprint density at radius 2 is 2.17 bits per heavy atom. The van der Waals surface area contributed by atoms with Crippen LogP contribution in [0, 0.1) is 24.1 Å². The van der Waals surface area contributed by atoms with Gasteiger partial charge < -0.3 is 10.2 Å². The number of anilines is 1. The van der Waals surface area contributed by atoms with Crippen molar-refractivity contribution in [2.75, 3.05) is 19.4 Å². The maximum atomic E-state index is 13.2. The van der Waals surface area contributed by atoms with E-state index in [1.165, 1.54) is 17.0 Å². The van der Waals surface area contributed by atoms with Gasteiger partial charge in [-0.1, -0.05) is 0 Å². The van der Waals surface area contributed by atoms with Crippen LogP contribution >= 0.6 is 0 Å². The predicted molar refractivity (Wildman–Crippen MR) is 67.5 cm³/mol. The third-order valence-corrected chi connectivity index (χ3v) is 2.42. The highest BCUT2D eigenvalue weighted by atomic mass is 19.1. The Labute approximate surface area is 106 Å². The molecule has 1 amide bonds. The van der Waals surface area contributed by atoms with E-state index in [1.54, 1.807) is 27.1 Å². The Morgan fingerprint density at radius 1 is 1.50 bits per heavy atom. The number of nitriles is 1. The van der Waals surface area contributed by atoms with Crippen molar-refractivity contribution < 1.29 is 9.18 Å². The van der Waals surface area contributed by atoms with Crippen LogP contribution in [0.3, 0.4) is 0 Å². The molecular formula is C13H16FN3O. The summed E-state index contributed by atoms with van der Waals surface area (Å²) in [6, 6.07) is 5.76. The summed E-state index contributed by atoms with van der Waals surface area (Å²) in [5, 5.41) is 11.8. The molecule has 0 saturated carbocycles. The van der Waals surface area contributed by atoms with Crippen molar-refractivity contribution in [3.63, 3.8) is 0 Å². The molecule has 18 heavy (non-hydrogen) atoms. The lowest BCUT2D eigenvalue weighted by Crippen LogP contribution is -2.29. The van der Waals surface area contributed by atoms with Gasteiger partial charge in [0.1, 0.15) is 11.9 Å². The average Bonchev–Trinajstić information content (AvgIpc) is 2.26. The lowest BCUT2D eigenvalue weighted by Gasteiger charge is -2.16. The number of amides is 1. The molecule has 1 aromatic rings. The molecule has 1 aromatic carbocycles. The van der Waals surface area contributed by atoms with E-state index in [1.807, 2.05) is 6.07 Å². The fourth-order valence-corrected chi connectivity index (χ4v) is 1.51. The van der Waals surface area contributed by atoms with E-state index in [2.05, 4.69) is 5.32 Å². The summed E-state index contributed by atoms with van der Waals surface area (Å²) in [6.07, 6.45) is 0.0546. The molecule has 1 atom stereocenters. The number of nitrogens with one attached hydrogen (secondary N) is 1. The Kier molecular flexibility index (Phi) is 4.67. The van der Waals surface area contributed by atoms with Crippen molar-refractivity contribution >= 4 is 11.6 Å². The number of benzene rings is 1. The first-order valence-electron chi connectivity index (χ1n) is 5.56. The molecule has 0 bridgehead atoms. The number of nitrogens with zero attached hydrogens (tertiary/aromatic N) is 2. The lowest BCUT2D eigenvalue weighted by atomic mass is 10.1. The van der Waals surface area contributed by atoms with Crippen molar-refractivity contribution in [3.05, 3.63) is 29.6 Å². The van der Waals surface area contributed by atoms with E-state index >= 15 is 0 Å². The van der Waals surface area contributed by atoms with E-state index in [0.717, 1.165) is 5.56 Å². The maximum absolute atomic E-state index is 13.2. The van der Waals surface area contributed by atoms with Gasteiger partial charge in [-0.15, -0.1) is 0 Å². The molecular weight excluding hydrogens is 233 g/mol. The van der Waals surface area contributed by atoms with Crippen LogP contribution in [0.4, 0.5) is 10.1 Å². The number of carbonyl (C=O) groups excluding carboxylic acids is 1. The second kappa shape index (κ2) is 6.01. The van der Waals surface area contributed by atoms with Crippen LogP contribution in [-0.2, 0) is 4.79 Å². The second-order valence-electron chi connectivity index (χ2n) is 4.34. The summed E-state index contributed by atoms with van der Waals surface area (Å²) in [6.45, 7) is 1.76. The van der Waals surface area contributed by atoms with Crippen LogP contribution in [0.2, 0.25) is 0 Å². The molecule has 1 unspecified atom stereocenters. The van der Waals surface area contributed by atoms with Crippen LogP contribution in [0.1, 0.15) is 12.0 Å². The molecule has 0 aliphatic rings. The number of halogens is 1. The van der Waals surface area contributed by atoms with Crippen molar-refractivity contribution in [2.24, 2.45) is 0 Å². The first-order chi connectivity index (χ1) is 8.42. The second-order valence-corrected chi connectivity index (χ2v) is 4.34. The standard InChI is InChI=1S/C13H16FN3O/c1-9-4-10(14)6-11(5-9)16-12(8-15)7-13(18)17(2)3/h4-6,12,16H,7H2,1-3H3. The van der Waals surface area contributed by atoms with E-state index in [-0.39, 0.29) is 18.1 Å². The normalized spacial score (nSPS) is 11.5. The van der Waals surface area contributed by atoms with Crippen molar-refractivity contribution in [2.45, 2.75) is 19.4 Å². The summed E-state index contributed by atoms with van der Waals surface area (Å²) in [5.41, 5.74) is 1.26. The molecule has 0 heterocycles. The molecule has 0 radical (unpaired) electrons. The number of carbonyl (C=O) groups is 1. The first-order valence-corrected chi connectivity index (χ1v) is 5.56. The molecule has 0 spiro atoms. The maximum Gasteiger partial charge on any atom is 0.225 e. The minimum Gasteiger partial charge on any atom is -0.369 e. The summed E-state index contributed by atoms with van der Waals surface area (Å²) < 4.78 is 13.2. The molecule has 4 nitrogen and oxygen atoms in total. The van der Waals surface area contributed by atoms with Crippen molar-refractivity contribution in [1.29, 1.82) is 5.26 Å². The molecule has 0 aliphatic heterocycles. The summed E-state index contributed by atoms with van der Waals surface area (Å²) in [5.74, 6) is -0.518. The number of hydrogen-bond acceptors (Lipinski definition) is 3. The third kappa shape index (κ3) is 4.06. The van der Waals surface area contributed by atoms with Gasteiger partial charge in [-0.05, 0) is 30.7 Å². The molecule has 0 saturated heterocycles. The first kappa shape index (κ1) is 14.0. The zero-order chi connectivity index (χ0) is 13.7. The highest BCUT2D eigenvalue weighted by molar-refractivity contribution is 5.77. The summed E-state index contributed by atoms with van der Waals surface area (Å²) in [4.78, 5) is 12.9. The fraction of sp³-hybridized carbons (Fsp3) is 0.385. The molecule has 0 aliphatic carbocycles. The van der Waals surface area contributed by atoms with Crippen LogP contribution in [0.25, 0.3) is 0 Å². The Hall–Kier alpha value is -2.09. The van der Waals surface area contributed by atoms with Gasteiger partial charge in [-0.25, -0.2) is 4.39 Å². The smallest absolute Gasteiger partial charge is 0.225 e. The zero-order valence-corrected chi connectivity index (χ0v) is 10.7. The third-order valence-electron chi connectivity index (χ3n) is 2.42. The molecule has 1 rings (SSSR count). The molecule has 1 N–H and O–H groups in total. The van der Waals surface area contributed by atoms with Crippen LogP contribution in [0.5, 0.6) is 0 Å².